The van der Waals surface area contributed by atoms with Crippen molar-refractivity contribution >= 4 is 29.4 Å². The van der Waals surface area contributed by atoms with Gasteiger partial charge in [0.25, 0.3) is 5.91 Å². The molecule has 0 saturated carbocycles. The number of amides is 2. The fourth-order valence-electron chi connectivity index (χ4n) is 2.71. The van der Waals surface area contributed by atoms with Crippen molar-refractivity contribution in [2.45, 2.75) is 12.8 Å². The topological polar surface area (TPSA) is 71.0 Å². The predicted octanol–water partition coefficient (Wildman–Crippen LogP) is 3.05. The van der Waals surface area contributed by atoms with Gasteiger partial charge in [-0.15, -0.1) is 0 Å². The zero-order chi connectivity index (χ0) is 17.6. The van der Waals surface area contributed by atoms with E-state index in [4.69, 9.17) is 0 Å². The van der Waals surface area contributed by atoms with Crippen molar-refractivity contribution in [2.75, 3.05) is 23.9 Å². The van der Waals surface area contributed by atoms with E-state index in [9.17, 15) is 9.59 Å². The molecule has 6 heteroatoms. The second kappa shape index (κ2) is 7.61. The van der Waals surface area contributed by atoms with E-state index in [0.717, 1.165) is 24.2 Å². The van der Waals surface area contributed by atoms with Crippen molar-refractivity contribution in [1.29, 1.82) is 0 Å². The van der Waals surface area contributed by atoms with Crippen LogP contribution in [0.2, 0.25) is 0 Å². The molecule has 1 N–H and O–H groups in total. The van der Waals surface area contributed by atoms with E-state index in [1.807, 2.05) is 24.3 Å². The molecule has 6 nitrogen and oxygen atoms in total. The van der Waals surface area contributed by atoms with Gasteiger partial charge in [0, 0.05) is 29.9 Å². The fraction of sp³-hybridized carbons (Fsp3) is 0.211. The Hall–Kier alpha value is -3.15. The van der Waals surface area contributed by atoms with Gasteiger partial charge in [0.1, 0.15) is 7.11 Å². The molecule has 1 saturated heterocycles. The van der Waals surface area contributed by atoms with Crippen LogP contribution in [0.15, 0.2) is 53.7 Å². The highest BCUT2D eigenvalue weighted by molar-refractivity contribution is 6.05. The molecule has 3 rings (SSSR count). The van der Waals surface area contributed by atoms with Gasteiger partial charge in [0.2, 0.25) is 5.91 Å². The fourth-order valence-corrected chi connectivity index (χ4v) is 2.71. The minimum absolute atomic E-state index is 0.122. The summed E-state index contributed by atoms with van der Waals surface area (Å²) in [6, 6.07) is 14.4. The van der Waals surface area contributed by atoms with Gasteiger partial charge in [0.15, 0.2) is 0 Å². The molecule has 1 aliphatic rings. The van der Waals surface area contributed by atoms with Crippen LogP contribution < -0.4 is 10.2 Å². The number of benzene rings is 2. The van der Waals surface area contributed by atoms with Gasteiger partial charge in [-0.1, -0.05) is 23.4 Å². The molecule has 0 aromatic heterocycles. The second-order valence-corrected chi connectivity index (χ2v) is 5.69. The van der Waals surface area contributed by atoms with E-state index in [-0.39, 0.29) is 11.8 Å². The molecule has 2 amide bonds. The van der Waals surface area contributed by atoms with Gasteiger partial charge < -0.3 is 15.1 Å². The molecule has 2 aromatic rings. The van der Waals surface area contributed by atoms with Crippen LogP contribution in [-0.2, 0) is 9.63 Å². The summed E-state index contributed by atoms with van der Waals surface area (Å²) < 4.78 is 0. The standard InChI is InChI=1S/C19H19N3O3/c1-25-20-13-14-7-9-15(10-8-14)19(24)21-16-4-2-5-17(12-16)22-11-3-6-18(22)23/h2,4-5,7-10,12-13H,3,6,11H2,1H3,(H,21,24)/b20-13+. The summed E-state index contributed by atoms with van der Waals surface area (Å²) in [6.45, 7) is 0.723. The van der Waals surface area contributed by atoms with Crippen molar-refractivity contribution in [1.82, 2.24) is 0 Å². The molecule has 2 aromatic carbocycles. The smallest absolute Gasteiger partial charge is 0.255 e. The first-order chi connectivity index (χ1) is 12.2. The minimum Gasteiger partial charge on any atom is -0.399 e. The Balaban J connectivity index is 1.70. The van der Waals surface area contributed by atoms with Crippen molar-refractivity contribution < 1.29 is 14.4 Å². The molecule has 25 heavy (non-hydrogen) atoms. The first-order valence-corrected chi connectivity index (χ1v) is 8.06. The molecule has 1 aliphatic heterocycles. The third-order valence-corrected chi connectivity index (χ3v) is 3.97. The molecule has 0 unspecified atom stereocenters. The number of nitrogens with zero attached hydrogens (tertiary/aromatic N) is 2. The highest BCUT2D eigenvalue weighted by atomic mass is 16.6. The predicted molar refractivity (Wildman–Crippen MR) is 97.0 cm³/mol. The number of hydrogen-bond donors (Lipinski definition) is 1. The molecule has 128 valence electrons. The maximum Gasteiger partial charge on any atom is 0.255 e. The number of hydrogen-bond acceptors (Lipinski definition) is 4. The van der Waals surface area contributed by atoms with Crippen LogP contribution in [0.5, 0.6) is 0 Å². The number of carbonyl (C=O) groups excluding carboxylic acids is 2. The normalized spacial score (nSPS) is 14.1. The van der Waals surface area contributed by atoms with Crippen LogP contribution in [0.1, 0.15) is 28.8 Å². The Kier molecular flexibility index (Phi) is 5.09. The first kappa shape index (κ1) is 16.7. The minimum atomic E-state index is -0.208. The lowest BCUT2D eigenvalue weighted by Gasteiger charge is -2.16. The third-order valence-electron chi connectivity index (χ3n) is 3.97. The van der Waals surface area contributed by atoms with Gasteiger partial charge in [0.05, 0.1) is 6.21 Å². The van der Waals surface area contributed by atoms with Crippen LogP contribution in [0.3, 0.4) is 0 Å². The lowest BCUT2D eigenvalue weighted by Crippen LogP contribution is -2.23. The molecule has 0 atom stereocenters. The monoisotopic (exact) mass is 337 g/mol. The summed E-state index contributed by atoms with van der Waals surface area (Å²) in [5, 5.41) is 6.54. The Labute approximate surface area is 146 Å². The van der Waals surface area contributed by atoms with Crippen LogP contribution >= 0.6 is 0 Å². The van der Waals surface area contributed by atoms with Gasteiger partial charge >= 0.3 is 0 Å². The van der Waals surface area contributed by atoms with Gasteiger partial charge in [-0.05, 0) is 42.3 Å². The van der Waals surface area contributed by atoms with Gasteiger partial charge in [-0.25, -0.2) is 0 Å². The quantitative estimate of drug-likeness (QED) is 0.673. The van der Waals surface area contributed by atoms with E-state index in [1.165, 1.54) is 7.11 Å². The molecule has 0 radical (unpaired) electrons. The Morgan fingerprint density at radius 3 is 2.72 bits per heavy atom. The summed E-state index contributed by atoms with van der Waals surface area (Å²) in [4.78, 5) is 30.6. The highest BCUT2D eigenvalue weighted by Gasteiger charge is 2.21. The summed E-state index contributed by atoms with van der Waals surface area (Å²) >= 11 is 0. The zero-order valence-electron chi connectivity index (χ0n) is 13.9. The van der Waals surface area contributed by atoms with Crippen molar-refractivity contribution in [3.05, 3.63) is 59.7 Å². The van der Waals surface area contributed by atoms with E-state index in [2.05, 4.69) is 15.3 Å². The second-order valence-electron chi connectivity index (χ2n) is 5.69. The summed E-state index contributed by atoms with van der Waals surface area (Å²) in [5.74, 6) is -0.0862. The lowest BCUT2D eigenvalue weighted by atomic mass is 10.1. The van der Waals surface area contributed by atoms with Crippen molar-refractivity contribution in [3.8, 4) is 0 Å². The van der Waals surface area contributed by atoms with Gasteiger partial charge in [-0.3, -0.25) is 9.59 Å². The highest BCUT2D eigenvalue weighted by Crippen LogP contribution is 2.24. The van der Waals surface area contributed by atoms with E-state index in [1.54, 1.807) is 35.4 Å². The van der Waals surface area contributed by atoms with Crippen LogP contribution in [-0.4, -0.2) is 31.7 Å². The Morgan fingerprint density at radius 2 is 2.04 bits per heavy atom. The largest absolute Gasteiger partial charge is 0.399 e. The SMILES string of the molecule is CO/N=C/c1ccc(C(=O)Nc2cccc(N3CCCC3=O)c2)cc1. The Bertz CT molecular complexity index is 800. The number of oxime groups is 1. The molecular formula is C19H19N3O3. The van der Waals surface area contributed by atoms with Crippen LogP contribution in [0.4, 0.5) is 11.4 Å². The number of rotatable bonds is 5. The molecule has 0 spiro atoms. The Morgan fingerprint density at radius 1 is 1.24 bits per heavy atom. The lowest BCUT2D eigenvalue weighted by molar-refractivity contribution is -0.117. The average molecular weight is 337 g/mol. The van der Waals surface area contributed by atoms with E-state index < -0.39 is 0 Å². The summed E-state index contributed by atoms with van der Waals surface area (Å²) in [7, 11) is 1.47. The number of anilines is 2. The first-order valence-electron chi connectivity index (χ1n) is 8.06. The number of nitrogens with one attached hydrogen (secondary N) is 1. The molecule has 0 bridgehead atoms. The van der Waals surface area contributed by atoms with Crippen LogP contribution in [0.25, 0.3) is 0 Å². The molecule has 1 heterocycles. The summed E-state index contributed by atoms with van der Waals surface area (Å²) in [5.41, 5.74) is 2.85. The number of carbonyl (C=O) groups is 2. The molecule has 1 fully saturated rings. The van der Waals surface area contributed by atoms with Crippen molar-refractivity contribution in [2.24, 2.45) is 5.16 Å². The van der Waals surface area contributed by atoms with E-state index in [0.29, 0.717) is 17.7 Å². The molecular weight excluding hydrogens is 318 g/mol. The summed E-state index contributed by atoms with van der Waals surface area (Å²) in [6.07, 6.45) is 3.02. The maximum atomic E-state index is 12.4. The maximum absolute atomic E-state index is 12.4. The molecule has 0 aliphatic carbocycles. The zero-order valence-corrected chi connectivity index (χ0v) is 13.9. The van der Waals surface area contributed by atoms with Gasteiger partial charge in [-0.2, -0.15) is 0 Å². The van der Waals surface area contributed by atoms with Crippen molar-refractivity contribution in [3.63, 3.8) is 0 Å². The van der Waals surface area contributed by atoms with Crippen LogP contribution in [0, 0.1) is 0 Å². The van der Waals surface area contributed by atoms with E-state index >= 15 is 0 Å². The third kappa shape index (κ3) is 4.03. The average Bonchev–Trinajstić information content (AvgIpc) is 3.06.